The highest BCUT2D eigenvalue weighted by atomic mass is 32.2. The molecule has 3 heteroatoms. The fourth-order valence-corrected chi connectivity index (χ4v) is 11.3. The summed E-state index contributed by atoms with van der Waals surface area (Å²) < 4.78 is 0. The van der Waals surface area contributed by atoms with Crippen LogP contribution in [0.5, 0.6) is 0 Å². The zero-order valence-electron chi connectivity index (χ0n) is 21.6. The monoisotopic (exact) mass is 459 g/mol. The molecule has 5 aliphatic rings. The molecule has 1 aliphatic heterocycles. The second-order valence-corrected chi connectivity index (χ2v) is 15.1. The van der Waals surface area contributed by atoms with E-state index in [1.165, 1.54) is 77.0 Å². The Morgan fingerprint density at radius 2 is 1.72 bits per heavy atom. The van der Waals surface area contributed by atoms with E-state index < -0.39 is 0 Å². The van der Waals surface area contributed by atoms with E-state index in [0.29, 0.717) is 16.6 Å². The van der Waals surface area contributed by atoms with E-state index in [9.17, 15) is 4.79 Å². The van der Waals surface area contributed by atoms with Crippen LogP contribution in [0.1, 0.15) is 112 Å². The predicted molar refractivity (Wildman–Crippen MR) is 136 cm³/mol. The highest BCUT2D eigenvalue weighted by molar-refractivity contribution is 8.01. The van der Waals surface area contributed by atoms with Gasteiger partial charge in [-0.1, -0.05) is 53.9 Å². The molecule has 2 nitrogen and oxygen atoms in total. The molecule has 32 heavy (non-hydrogen) atoms. The lowest BCUT2D eigenvalue weighted by Gasteiger charge is -2.62. The molecule has 9 atom stereocenters. The molecular weight excluding hydrogens is 410 g/mol. The number of fused-ring (bicyclic) bond motifs is 5. The van der Waals surface area contributed by atoms with Gasteiger partial charge in [-0.25, -0.2) is 0 Å². The maximum atomic E-state index is 12.0. The molecule has 5 fully saturated rings. The first kappa shape index (κ1) is 23.6. The highest BCUT2D eigenvalue weighted by Gasteiger charge is 2.62. The third kappa shape index (κ3) is 3.79. The Bertz CT molecular complexity index is 722. The second kappa shape index (κ2) is 8.49. The second-order valence-electron chi connectivity index (χ2n) is 13.7. The van der Waals surface area contributed by atoms with Crippen LogP contribution in [0, 0.1) is 52.3 Å². The topological polar surface area (TPSA) is 29.1 Å². The molecule has 0 aromatic heterocycles. The fraction of sp³-hybridized carbons (Fsp3) is 0.966. The van der Waals surface area contributed by atoms with Crippen molar-refractivity contribution in [3.63, 3.8) is 0 Å². The molecule has 1 amide bonds. The first-order chi connectivity index (χ1) is 15.2. The Labute approximate surface area is 202 Å². The van der Waals surface area contributed by atoms with E-state index in [2.05, 4.69) is 39.9 Å². The van der Waals surface area contributed by atoms with Crippen LogP contribution in [0.3, 0.4) is 0 Å². The van der Waals surface area contributed by atoms with Gasteiger partial charge < -0.3 is 5.32 Å². The van der Waals surface area contributed by atoms with Crippen LogP contribution < -0.4 is 5.32 Å². The summed E-state index contributed by atoms with van der Waals surface area (Å²) in [6.45, 7) is 12.7. The zero-order chi connectivity index (χ0) is 22.7. The van der Waals surface area contributed by atoms with Crippen LogP contribution in [0.2, 0.25) is 0 Å². The number of nitrogens with one attached hydrogen (secondary N) is 1. The van der Waals surface area contributed by atoms with Gasteiger partial charge in [0.2, 0.25) is 5.91 Å². The lowest BCUT2D eigenvalue weighted by atomic mass is 9.44. The van der Waals surface area contributed by atoms with Crippen molar-refractivity contribution in [2.45, 2.75) is 117 Å². The van der Waals surface area contributed by atoms with Gasteiger partial charge in [0, 0.05) is 0 Å². The van der Waals surface area contributed by atoms with E-state index in [-0.39, 0.29) is 10.8 Å². The molecule has 1 N–H and O–H groups in total. The average Bonchev–Trinajstić information content (AvgIpc) is 3.28. The average molecular weight is 460 g/mol. The van der Waals surface area contributed by atoms with Crippen LogP contribution in [0.25, 0.3) is 0 Å². The minimum absolute atomic E-state index is 0.0845. The summed E-state index contributed by atoms with van der Waals surface area (Å²) in [6.07, 6.45) is 16.9. The molecule has 182 valence electrons. The summed E-state index contributed by atoms with van der Waals surface area (Å²) in [4.78, 5) is 12.1. The van der Waals surface area contributed by atoms with E-state index in [4.69, 9.17) is 0 Å². The van der Waals surface area contributed by atoms with Crippen LogP contribution in [0.4, 0.5) is 0 Å². The quantitative estimate of drug-likeness (QED) is 0.457. The molecule has 0 bridgehead atoms. The maximum absolute atomic E-state index is 12.0. The van der Waals surface area contributed by atoms with Crippen molar-refractivity contribution < 1.29 is 4.79 Å². The summed E-state index contributed by atoms with van der Waals surface area (Å²) in [5, 5.41) is 3.40. The highest BCUT2D eigenvalue weighted by Crippen LogP contribution is 2.69. The Morgan fingerprint density at radius 3 is 2.44 bits per heavy atom. The van der Waals surface area contributed by atoms with Crippen molar-refractivity contribution in [1.29, 1.82) is 0 Å². The molecule has 1 saturated heterocycles. The summed E-state index contributed by atoms with van der Waals surface area (Å²) >= 11 is 1.92. The summed E-state index contributed by atoms with van der Waals surface area (Å²) in [6, 6.07) is 0. The Hall–Kier alpha value is -0.180. The zero-order valence-corrected chi connectivity index (χ0v) is 22.4. The lowest BCUT2D eigenvalue weighted by molar-refractivity contribution is -0.126. The summed E-state index contributed by atoms with van der Waals surface area (Å²) in [7, 11) is 0. The normalized spacial score (nSPS) is 48.9. The number of amides is 1. The molecule has 0 aromatic rings. The van der Waals surface area contributed by atoms with Gasteiger partial charge in [0.15, 0.2) is 0 Å². The first-order valence-electron chi connectivity index (χ1n) is 14.1. The van der Waals surface area contributed by atoms with Crippen molar-refractivity contribution in [1.82, 2.24) is 5.32 Å². The largest absolute Gasteiger partial charge is 0.341 e. The molecule has 0 unspecified atom stereocenters. The number of rotatable bonds is 5. The number of hydrogen-bond acceptors (Lipinski definition) is 2. The van der Waals surface area contributed by atoms with Crippen molar-refractivity contribution >= 4 is 17.7 Å². The number of thioether (sulfide) groups is 1. The van der Waals surface area contributed by atoms with Crippen molar-refractivity contribution in [3.05, 3.63) is 0 Å². The lowest BCUT2D eigenvalue weighted by Crippen LogP contribution is -2.57. The van der Waals surface area contributed by atoms with Gasteiger partial charge in [0.25, 0.3) is 0 Å². The Morgan fingerprint density at radius 1 is 0.938 bits per heavy atom. The Kier molecular flexibility index (Phi) is 6.25. The molecule has 5 rings (SSSR count). The minimum atomic E-state index is 0.0845. The maximum Gasteiger partial charge on any atom is 0.231 e. The first-order valence-corrected chi connectivity index (χ1v) is 15.1. The number of hydrogen-bond donors (Lipinski definition) is 1. The summed E-state index contributed by atoms with van der Waals surface area (Å²) in [5.74, 6) is 7.40. The van der Waals surface area contributed by atoms with E-state index >= 15 is 0 Å². The molecule has 0 radical (unpaired) electrons. The molecular formula is C29H49NOS. The van der Waals surface area contributed by atoms with Crippen molar-refractivity contribution in [2.24, 2.45) is 52.3 Å². The van der Waals surface area contributed by atoms with Crippen LogP contribution >= 0.6 is 11.8 Å². The van der Waals surface area contributed by atoms with Crippen LogP contribution in [-0.2, 0) is 4.79 Å². The standard InChI is InChI=1S/C29H49NOS/c1-19(2)7-6-8-20(3)23-11-12-24-22-10-9-21-17-29(30-26(31)18-32-29)16-15-27(21,4)25(22)13-14-28(23,24)5/h19-25H,6-18H2,1-5H3,(H,30,31)/t20-,21+,22+,23-,24+,25+,27+,28-,29+/m1/s1. The third-order valence-electron chi connectivity index (χ3n) is 11.8. The number of carbonyl (C=O) groups excluding carboxylic acids is 1. The van der Waals surface area contributed by atoms with Gasteiger partial charge in [-0.05, 0) is 110 Å². The number of carbonyl (C=O) groups is 1. The third-order valence-corrected chi connectivity index (χ3v) is 13.2. The van der Waals surface area contributed by atoms with Gasteiger partial charge >= 0.3 is 0 Å². The fourth-order valence-electron chi connectivity index (χ4n) is 10.0. The minimum Gasteiger partial charge on any atom is -0.341 e. The smallest absolute Gasteiger partial charge is 0.231 e. The molecule has 4 aliphatic carbocycles. The van der Waals surface area contributed by atoms with E-state index in [1.54, 1.807) is 0 Å². The van der Waals surface area contributed by atoms with Crippen LogP contribution in [-0.4, -0.2) is 16.5 Å². The molecule has 0 aromatic carbocycles. The SMILES string of the molecule is CC(C)CCC[C@@H](C)[C@H]1CC[C@H]2[C@@H]3CC[C@H]4C[C@@]5(CC[C@]4(C)[C@H]3CC[C@]12C)NC(=O)CS5. The van der Waals surface area contributed by atoms with Gasteiger partial charge in [-0.15, -0.1) is 11.8 Å². The van der Waals surface area contributed by atoms with Crippen molar-refractivity contribution in [3.8, 4) is 0 Å². The van der Waals surface area contributed by atoms with Crippen LogP contribution in [0.15, 0.2) is 0 Å². The van der Waals surface area contributed by atoms with E-state index in [0.717, 1.165) is 41.4 Å². The Balaban J connectivity index is 1.28. The van der Waals surface area contributed by atoms with Gasteiger partial charge in [-0.2, -0.15) is 0 Å². The molecule has 1 heterocycles. The van der Waals surface area contributed by atoms with Gasteiger partial charge in [-0.3, -0.25) is 4.79 Å². The molecule has 4 saturated carbocycles. The summed E-state index contributed by atoms with van der Waals surface area (Å²) in [5.41, 5.74) is 1.12. The van der Waals surface area contributed by atoms with Gasteiger partial charge in [0.05, 0.1) is 10.6 Å². The predicted octanol–water partition coefficient (Wildman–Crippen LogP) is 7.67. The van der Waals surface area contributed by atoms with E-state index in [1.807, 2.05) is 11.8 Å². The van der Waals surface area contributed by atoms with Gasteiger partial charge in [0.1, 0.15) is 0 Å². The molecule has 1 spiro atoms. The van der Waals surface area contributed by atoms with Crippen molar-refractivity contribution in [2.75, 3.05) is 5.75 Å².